The number of carbonyl (C=O) groups excluding carboxylic acids is 1. The zero-order valence-corrected chi connectivity index (χ0v) is 15.5. The average Bonchev–Trinajstić information content (AvgIpc) is 2.69. The molecule has 0 saturated carbocycles. The Labute approximate surface area is 158 Å². The van der Waals surface area contributed by atoms with Gasteiger partial charge in [-0.2, -0.15) is 0 Å². The number of nitrogens with one attached hydrogen (secondary N) is 2. The molecule has 0 aromatic heterocycles. The molecule has 0 aliphatic heterocycles. The fourth-order valence-electron chi connectivity index (χ4n) is 2.39. The van der Waals surface area contributed by atoms with Crippen LogP contribution in [0.2, 0.25) is 0 Å². The molecular formula is C19H23ClN2O4. The van der Waals surface area contributed by atoms with Gasteiger partial charge < -0.3 is 25.2 Å². The Balaban J connectivity index is 2.04. The number of methoxy groups -OCH3 is 2. The van der Waals surface area contributed by atoms with Crippen molar-refractivity contribution >= 4 is 23.2 Å². The highest BCUT2D eigenvalue weighted by molar-refractivity contribution is 6.18. The molecule has 0 radical (unpaired) electrons. The third-order valence-corrected chi connectivity index (χ3v) is 4.14. The molecule has 0 spiro atoms. The number of para-hydroxylation sites is 1. The summed E-state index contributed by atoms with van der Waals surface area (Å²) >= 11 is 5.60. The van der Waals surface area contributed by atoms with Crippen LogP contribution < -0.4 is 20.1 Å². The van der Waals surface area contributed by atoms with Crippen molar-refractivity contribution in [1.29, 1.82) is 0 Å². The summed E-state index contributed by atoms with van der Waals surface area (Å²) in [6, 6.07) is 12.6. The molecule has 2 rings (SSSR count). The minimum absolute atomic E-state index is 0.126. The number of anilines is 1. The molecule has 7 heteroatoms. The van der Waals surface area contributed by atoms with E-state index < -0.39 is 6.10 Å². The predicted octanol–water partition coefficient (Wildman–Crippen LogP) is 2.65. The third-order valence-electron chi connectivity index (χ3n) is 3.78. The van der Waals surface area contributed by atoms with Crippen LogP contribution in [-0.2, 0) is 6.54 Å². The molecule has 1 atom stereocenters. The third kappa shape index (κ3) is 5.28. The highest BCUT2D eigenvalue weighted by atomic mass is 35.5. The summed E-state index contributed by atoms with van der Waals surface area (Å²) in [5, 5.41) is 15.5. The lowest BCUT2D eigenvalue weighted by Gasteiger charge is -2.14. The summed E-state index contributed by atoms with van der Waals surface area (Å²) in [5.41, 5.74) is 2.02. The summed E-state index contributed by atoms with van der Waals surface area (Å²) in [5.74, 6) is 1.15. The molecule has 0 aliphatic carbocycles. The number of benzene rings is 2. The quantitative estimate of drug-likeness (QED) is 0.584. The van der Waals surface area contributed by atoms with Crippen LogP contribution in [0.5, 0.6) is 11.5 Å². The first-order chi connectivity index (χ1) is 12.6. The van der Waals surface area contributed by atoms with Crippen molar-refractivity contribution in [2.75, 3.05) is 32.0 Å². The maximum Gasteiger partial charge on any atom is 0.253 e. The lowest BCUT2D eigenvalue weighted by molar-refractivity contribution is 0.0951. The molecule has 0 heterocycles. The van der Waals surface area contributed by atoms with Crippen molar-refractivity contribution in [2.24, 2.45) is 0 Å². The predicted molar refractivity (Wildman–Crippen MR) is 102 cm³/mol. The topological polar surface area (TPSA) is 79.8 Å². The number of aliphatic hydroxyl groups excluding tert-OH is 1. The summed E-state index contributed by atoms with van der Waals surface area (Å²) in [6.45, 7) is 0.612. The van der Waals surface area contributed by atoms with Gasteiger partial charge in [-0.05, 0) is 29.8 Å². The fourth-order valence-corrected chi connectivity index (χ4v) is 2.49. The molecule has 0 fully saturated rings. The van der Waals surface area contributed by atoms with Crippen LogP contribution in [-0.4, -0.2) is 43.8 Å². The fraction of sp³-hybridized carbons (Fsp3) is 0.316. The second kappa shape index (κ2) is 9.89. The minimum atomic E-state index is -0.681. The Kier molecular flexibility index (Phi) is 7.56. The van der Waals surface area contributed by atoms with E-state index >= 15 is 0 Å². The van der Waals surface area contributed by atoms with Gasteiger partial charge in [0.1, 0.15) is 0 Å². The lowest BCUT2D eigenvalue weighted by atomic mass is 10.1. The number of rotatable bonds is 9. The van der Waals surface area contributed by atoms with Crippen LogP contribution >= 0.6 is 11.6 Å². The maximum absolute atomic E-state index is 12.5. The van der Waals surface area contributed by atoms with Gasteiger partial charge in [0.05, 0.1) is 31.8 Å². The molecule has 2 aromatic rings. The van der Waals surface area contributed by atoms with E-state index in [1.807, 2.05) is 18.2 Å². The number of amides is 1. The van der Waals surface area contributed by atoms with E-state index in [0.29, 0.717) is 29.3 Å². The van der Waals surface area contributed by atoms with E-state index in [2.05, 4.69) is 10.6 Å². The molecule has 6 nitrogen and oxygen atoms in total. The van der Waals surface area contributed by atoms with Crippen molar-refractivity contribution in [1.82, 2.24) is 5.32 Å². The second-order valence-corrected chi connectivity index (χ2v) is 5.92. The number of hydrogen-bond acceptors (Lipinski definition) is 5. The van der Waals surface area contributed by atoms with E-state index in [9.17, 15) is 9.90 Å². The highest BCUT2D eigenvalue weighted by Crippen LogP contribution is 2.27. The van der Waals surface area contributed by atoms with Gasteiger partial charge in [-0.15, -0.1) is 11.6 Å². The Morgan fingerprint density at radius 2 is 1.88 bits per heavy atom. The van der Waals surface area contributed by atoms with E-state index in [0.717, 1.165) is 5.56 Å². The number of aliphatic hydroxyl groups is 1. The Morgan fingerprint density at radius 1 is 1.15 bits per heavy atom. The first-order valence-electron chi connectivity index (χ1n) is 8.15. The molecular weight excluding hydrogens is 356 g/mol. The first kappa shape index (κ1) is 19.9. The normalized spacial score (nSPS) is 11.5. The number of hydrogen-bond donors (Lipinski definition) is 3. The Morgan fingerprint density at radius 3 is 2.58 bits per heavy atom. The summed E-state index contributed by atoms with van der Waals surface area (Å²) < 4.78 is 10.5. The van der Waals surface area contributed by atoms with Crippen LogP contribution in [0.4, 0.5) is 5.69 Å². The molecule has 0 bridgehead atoms. The van der Waals surface area contributed by atoms with Gasteiger partial charge in [0.2, 0.25) is 0 Å². The summed E-state index contributed by atoms with van der Waals surface area (Å²) in [4.78, 5) is 12.5. The van der Waals surface area contributed by atoms with Crippen LogP contribution in [0.15, 0.2) is 42.5 Å². The van der Waals surface area contributed by atoms with Gasteiger partial charge in [0.15, 0.2) is 11.5 Å². The Bertz CT molecular complexity index is 739. The van der Waals surface area contributed by atoms with Gasteiger partial charge in [-0.25, -0.2) is 0 Å². The molecule has 1 unspecified atom stereocenters. The number of carbonyl (C=O) groups is 1. The SMILES string of the molecule is COc1ccc(CNC(=O)c2ccccc2NCC(O)CCl)cc1OC. The van der Waals surface area contributed by atoms with E-state index in [-0.39, 0.29) is 18.3 Å². The first-order valence-corrected chi connectivity index (χ1v) is 8.68. The van der Waals surface area contributed by atoms with Crippen LogP contribution in [0, 0.1) is 0 Å². The molecule has 3 N–H and O–H groups in total. The van der Waals surface area contributed by atoms with E-state index in [1.54, 1.807) is 38.5 Å². The van der Waals surface area contributed by atoms with Gasteiger partial charge in [0, 0.05) is 18.8 Å². The molecule has 2 aromatic carbocycles. The molecule has 1 amide bonds. The smallest absolute Gasteiger partial charge is 0.253 e. The number of alkyl halides is 1. The zero-order valence-electron chi connectivity index (χ0n) is 14.8. The van der Waals surface area contributed by atoms with Gasteiger partial charge in [0.25, 0.3) is 5.91 Å². The van der Waals surface area contributed by atoms with Crippen LogP contribution in [0.1, 0.15) is 15.9 Å². The maximum atomic E-state index is 12.5. The summed E-state index contributed by atoms with van der Waals surface area (Å²) in [6.07, 6.45) is -0.681. The number of ether oxygens (including phenoxy) is 2. The van der Waals surface area contributed by atoms with Crippen molar-refractivity contribution in [3.63, 3.8) is 0 Å². The van der Waals surface area contributed by atoms with Crippen molar-refractivity contribution < 1.29 is 19.4 Å². The van der Waals surface area contributed by atoms with Crippen LogP contribution in [0.25, 0.3) is 0 Å². The minimum Gasteiger partial charge on any atom is -0.493 e. The van der Waals surface area contributed by atoms with Gasteiger partial charge in [-0.1, -0.05) is 18.2 Å². The van der Waals surface area contributed by atoms with Gasteiger partial charge >= 0.3 is 0 Å². The van der Waals surface area contributed by atoms with Crippen molar-refractivity contribution in [2.45, 2.75) is 12.6 Å². The monoisotopic (exact) mass is 378 g/mol. The second-order valence-electron chi connectivity index (χ2n) is 5.61. The molecule has 0 aliphatic rings. The number of halogens is 1. The standard InChI is InChI=1S/C19H23ClN2O4/c1-25-17-8-7-13(9-18(17)26-2)11-22-19(24)15-5-3-4-6-16(15)21-12-14(23)10-20/h3-9,14,21,23H,10-12H2,1-2H3,(H,22,24). The molecule has 0 saturated heterocycles. The van der Waals surface area contributed by atoms with E-state index in [1.165, 1.54) is 0 Å². The highest BCUT2D eigenvalue weighted by Gasteiger charge is 2.12. The van der Waals surface area contributed by atoms with E-state index in [4.69, 9.17) is 21.1 Å². The van der Waals surface area contributed by atoms with Crippen molar-refractivity contribution in [3.05, 3.63) is 53.6 Å². The molecule has 140 valence electrons. The summed E-state index contributed by atoms with van der Waals surface area (Å²) in [7, 11) is 3.14. The molecule has 26 heavy (non-hydrogen) atoms. The largest absolute Gasteiger partial charge is 0.493 e. The van der Waals surface area contributed by atoms with Crippen molar-refractivity contribution in [3.8, 4) is 11.5 Å². The lowest BCUT2D eigenvalue weighted by Crippen LogP contribution is -2.26. The van der Waals surface area contributed by atoms with Gasteiger partial charge in [-0.3, -0.25) is 4.79 Å². The Hall–Kier alpha value is -2.44. The average molecular weight is 379 g/mol. The van der Waals surface area contributed by atoms with Crippen LogP contribution in [0.3, 0.4) is 0 Å². The zero-order chi connectivity index (χ0) is 18.9.